The summed E-state index contributed by atoms with van der Waals surface area (Å²) >= 11 is 1.40. The van der Waals surface area contributed by atoms with Crippen LogP contribution in [0, 0.1) is 5.21 Å². The fourth-order valence-corrected chi connectivity index (χ4v) is 1.90. The van der Waals surface area contributed by atoms with Crippen molar-refractivity contribution in [2.75, 3.05) is 12.9 Å². The summed E-state index contributed by atoms with van der Waals surface area (Å²) in [5.41, 5.74) is 0. The first-order valence-electron chi connectivity index (χ1n) is 5.00. The Morgan fingerprint density at radius 2 is 2.56 bits per heavy atom. The highest BCUT2D eigenvalue weighted by atomic mass is 32.2. The molecule has 0 amide bonds. The van der Waals surface area contributed by atoms with Crippen molar-refractivity contribution < 1.29 is 23.7 Å². The molecule has 0 aliphatic heterocycles. The third-order valence-corrected chi connectivity index (χ3v) is 2.95. The zero-order valence-electron chi connectivity index (χ0n) is 9.78. The Kier molecular flexibility index (Phi) is 5.86. The monoisotopic (exact) mass is 271 g/mol. The quantitative estimate of drug-likeness (QED) is 0.198. The van der Waals surface area contributed by atoms with Crippen LogP contribution >= 0.6 is 11.8 Å². The van der Waals surface area contributed by atoms with E-state index in [1.165, 1.54) is 24.2 Å². The number of hydrogen-bond acceptors (Lipinski definition) is 6. The molecular formula is C11H13NO5S. The van der Waals surface area contributed by atoms with Crippen molar-refractivity contribution in [3.05, 3.63) is 42.0 Å². The van der Waals surface area contributed by atoms with Crippen LogP contribution in [0.15, 0.2) is 35.5 Å². The van der Waals surface area contributed by atoms with Gasteiger partial charge in [-0.15, -0.1) is 18.3 Å². The minimum Gasteiger partial charge on any atom is -0.468 e. The Bertz CT molecular complexity index is 415. The van der Waals surface area contributed by atoms with Gasteiger partial charge in [-0.3, -0.25) is 10.0 Å². The SMILES string of the molecule is C=CCSC(/C=[N+](\[O-])OC(=O)OC)c1ccco1. The van der Waals surface area contributed by atoms with Crippen molar-refractivity contribution in [2.45, 2.75) is 5.25 Å². The minimum absolute atomic E-state index is 0.0507. The molecule has 0 bridgehead atoms. The number of carbonyl (C=O) groups is 1. The van der Waals surface area contributed by atoms with Crippen molar-refractivity contribution in [3.63, 3.8) is 0 Å². The van der Waals surface area contributed by atoms with E-state index in [1.807, 2.05) is 0 Å². The average molecular weight is 271 g/mol. The summed E-state index contributed by atoms with van der Waals surface area (Å²) < 4.78 is 9.41. The van der Waals surface area contributed by atoms with Crippen molar-refractivity contribution >= 4 is 24.1 Å². The highest BCUT2D eigenvalue weighted by Gasteiger charge is 2.18. The molecule has 0 aromatic carbocycles. The van der Waals surface area contributed by atoms with Crippen LogP contribution in [0.4, 0.5) is 4.79 Å². The minimum atomic E-state index is -1.08. The van der Waals surface area contributed by atoms with E-state index in [-0.39, 0.29) is 10.2 Å². The highest BCUT2D eigenvalue weighted by molar-refractivity contribution is 8.00. The van der Waals surface area contributed by atoms with Gasteiger partial charge in [-0.1, -0.05) is 6.08 Å². The van der Waals surface area contributed by atoms with Crippen molar-refractivity contribution in [1.29, 1.82) is 0 Å². The average Bonchev–Trinajstić information content (AvgIpc) is 2.87. The Labute approximate surface area is 108 Å². The van der Waals surface area contributed by atoms with Crippen molar-refractivity contribution in [1.82, 2.24) is 0 Å². The molecule has 0 N–H and O–H groups in total. The Hall–Kier alpha value is -1.89. The van der Waals surface area contributed by atoms with Gasteiger partial charge in [-0.2, -0.15) is 0 Å². The first-order chi connectivity index (χ1) is 8.67. The number of thioether (sulfide) groups is 1. The lowest BCUT2D eigenvalue weighted by molar-refractivity contribution is -0.711. The van der Waals surface area contributed by atoms with E-state index in [1.54, 1.807) is 18.2 Å². The molecule has 0 aliphatic carbocycles. The Morgan fingerprint density at radius 3 is 3.11 bits per heavy atom. The van der Waals surface area contributed by atoms with Crippen LogP contribution in [0.3, 0.4) is 0 Å². The summed E-state index contributed by atoms with van der Waals surface area (Å²) in [4.78, 5) is 15.1. The van der Waals surface area contributed by atoms with E-state index < -0.39 is 6.16 Å². The van der Waals surface area contributed by atoms with Crippen LogP contribution in [0.25, 0.3) is 0 Å². The number of methoxy groups -OCH3 is 1. The summed E-state index contributed by atoms with van der Waals surface area (Å²) in [6, 6.07) is 3.43. The zero-order valence-corrected chi connectivity index (χ0v) is 10.6. The third-order valence-electron chi connectivity index (χ3n) is 1.81. The molecule has 7 heteroatoms. The molecule has 0 saturated heterocycles. The molecule has 1 atom stereocenters. The van der Waals surface area contributed by atoms with Gasteiger partial charge < -0.3 is 9.15 Å². The van der Waals surface area contributed by atoms with E-state index >= 15 is 0 Å². The van der Waals surface area contributed by atoms with Gasteiger partial charge in [0.2, 0.25) is 6.21 Å². The van der Waals surface area contributed by atoms with Crippen LogP contribution in [0.2, 0.25) is 0 Å². The van der Waals surface area contributed by atoms with Crippen molar-refractivity contribution in [3.8, 4) is 0 Å². The molecule has 0 radical (unpaired) electrons. The zero-order chi connectivity index (χ0) is 13.4. The number of nitrogens with zero attached hydrogens (tertiary/aromatic N) is 1. The number of carbonyl (C=O) groups excluding carboxylic acids is 1. The van der Waals surface area contributed by atoms with Gasteiger partial charge >= 0.3 is 6.16 Å². The Balaban J connectivity index is 2.74. The van der Waals surface area contributed by atoms with E-state index in [0.29, 0.717) is 11.5 Å². The molecule has 0 aliphatic rings. The number of furan rings is 1. The van der Waals surface area contributed by atoms with Gasteiger partial charge in [-0.25, -0.2) is 4.79 Å². The normalized spacial score (nSPS) is 12.8. The molecule has 0 saturated carbocycles. The van der Waals surface area contributed by atoms with Crippen LogP contribution in [-0.4, -0.2) is 30.1 Å². The second-order valence-corrected chi connectivity index (χ2v) is 4.21. The summed E-state index contributed by atoms with van der Waals surface area (Å²) in [6.45, 7) is 3.59. The van der Waals surface area contributed by atoms with Gasteiger partial charge in [0.05, 0.1) is 13.4 Å². The lowest BCUT2D eigenvalue weighted by atomic mass is 10.3. The summed E-state index contributed by atoms with van der Waals surface area (Å²) in [7, 11) is 1.12. The van der Waals surface area contributed by atoms with Gasteiger partial charge in [0, 0.05) is 10.7 Å². The first-order valence-corrected chi connectivity index (χ1v) is 6.05. The maximum absolute atomic E-state index is 11.3. The van der Waals surface area contributed by atoms with Crippen LogP contribution in [0.1, 0.15) is 11.0 Å². The summed E-state index contributed by atoms with van der Waals surface area (Å²) in [5, 5.41) is 11.0. The fraction of sp³-hybridized carbons (Fsp3) is 0.273. The second kappa shape index (κ2) is 7.44. The largest absolute Gasteiger partial charge is 0.468 e. The Morgan fingerprint density at radius 1 is 1.78 bits per heavy atom. The van der Waals surface area contributed by atoms with E-state index in [4.69, 9.17) is 4.42 Å². The first kappa shape index (κ1) is 14.2. The van der Waals surface area contributed by atoms with Gasteiger partial charge in [-0.05, 0) is 12.1 Å². The highest BCUT2D eigenvalue weighted by Crippen LogP contribution is 2.27. The smallest absolute Gasteiger partial charge is 0.438 e. The molecule has 1 aromatic heterocycles. The van der Waals surface area contributed by atoms with Crippen LogP contribution in [-0.2, 0) is 9.57 Å². The third kappa shape index (κ3) is 4.54. The molecule has 1 unspecified atom stereocenters. The van der Waals surface area contributed by atoms with Gasteiger partial charge in [0.25, 0.3) is 0 Å². The van der Waals surface area contributed by atoms with E-state index in [0.717, 1.165) is 7.11 Å². The topological polar surface area (TPSA) is 74.7 Å². The fourth-order valence-electron chi connectivity index (χ4n) is 1.08. The second-order valence-electron chi connectivity index (χ2n) is 3.04. The summed E-state index contributed by atoms with van der Waals surface area (Å²) in [6.07, 6.45) is 3.29. The predicted octanol–water partition coefficient (Wildman–Crippen LogP) is 2.52. The molecule has 98 valence electrons. The standard InChI is InChI=1S/C11H13NO5S/c1-3-7-18-10(9-5-4-6-16-9)8-12(14)17-11(13)15-2/h3-6,8,10H,1,7H2,2H3/b12-8+. The van der Waals surface area contributed by atoms with Gasteiger partial charge in [0.1, 0.15) is 11.0 Å². The lowest BCUT2D eigenvalue weighted by Crippen LogP contribution is -2.15. The predicted molar refractivity (Wildman–Crippen MR) is 67.3 cm³/mol. The molecule has 1 rings (SSSR count). The summed E-state index contributed by atoms with van der Waals surface area (Å²) in [5.74, 6) is 1.20. The van der Waals surface area contributed by atoms with Crippen LogP contribution in [0.5, 0.6) is 0 Å². The lowest BCUT2D eigenvalue weighted by Gasteiger charge is -2.07. The van der Waals surface area contributed by atoms with Crippen molar-refractivity contribution in [2.24, 2.45) is 0 Å². The molecule has 18 heavy (non-hydrogen) atoms. The molecular weight excluding hydrogens is 258 g/mol. The maximum Gasteiger partial charge on any atom is 0.438 e. The molecule has 0 spiro atoms. The van der Waals surface area contributed by atoms with Gasteiger partial charge in [0.15, 0.2) is 0 Å². The van der Waals surface area contributed by atoms with Crippen LogP contribution < -0.4 is 0 Å². The number of rotatable bonds is 6. The molecule has 1 heterocycles. The molecule has 1 aromatic rings. The number of hydrogen-bond donors (Lipinski definition) is 0. The van der Waals surface area contributed by atoms with E-state index in [9.17, 15) is 10.0 Å². The van der Waals surface area contributed by atoms with E-state index in [2.05, 4.69) is 16.2 Å². The molecule has 0 fully saturated rings. The number of ether oxygens (including phenoxy) is 1. The molecule has 6 nitrogen and oxygen atoms in total. The maximum atomic E-state index is 11.3.